The van der Waals surface area contributed by atoms with Crippen molar-refractivity contribution < 1.29 is 14.6 Å². The second kappa shape index (κ2) is 4.25. The van der Waals surface area contributed by atoms with Crippen LogP contribution in [0.4, 0.5) is 0 Å². The first-order valence-corrected chi connectivity index (χ1v) is 4.73. The quantitative estimate of drug-likeness (QED) is 0.541. The fourth-order valence-corrected chi connectivity index (χ4v) is 1.52. The predicted molar refractivity (Wildman–Crippen MR) is 51.9 cm³/mol. The van der Waals surface area contributed by atoms with Gasteiger partial charge in [-0.1, -0.05) is 0 Å². The lowest BCUT2D eigenvalue weighted by Crippen LogP contribution is -2.58. The molecule has 1 saturated heterocycles. The van der Waals surface area contributed by atoms with Gasteiger partial charge in [-0.2, -0.15) is 0 Å². The van der Waals surface area contributed by atoms with E-state index in [1.165, 1.54) is 0 Å². The molecule has 1 fully saturated rings. The molecular formula is C9H18N2O3. The Kier molecular flexibility index (Phi) is 3.47. The molecule has 3 N–H and O–H groups in total. The standard InChI is InChI=1S/C9H18N2O3/c1-9(2,8(13)10-3)11-6-4-14-5-7(6)12/h6-7,11-12H,4-5H2,1-3H3,(H,10,13). The molecule has 2 atom stereocenters. The number of ether oxygens (including phenoxy) is 1. The molecule has 0 aliphatic carbocycles. The molecule has 1 aliphatic heterocycles. The molecule has 5 heteroatoms. The maximum Gasteiger partial charge on any atom is 0.239 e. The zero-order valence-corrected chi connectivity index (χ0v) is 8.83. The van der Waals surface area contributed by atoms with Crippen molar-refractivity contribution in [1.29, 1.82) is 0 Å². The summed E-state index contributed by atoms with van der Waals surface area (Å²) in [5, 5.41) is 15.1. The number of hydrogen-bond acceptors (Lipinski definition) is 4. The van der Waals surface area contributed by atoms with E-state index in [0.717, 1.165) is 0 Å². The number of nitrogens with one attached hydrogen (secondary N) is 2. The van der Waals surface area contributed by atoms with Gasteiger partial charge in [-0.25, -0.2) is 0 Å². The van der Waals surface area contributed by atoms with E-state index in [9.17, 15) is 9.90 Å². The molecule has 0 saturated carbocycles. The van der Waals surface area contributed by atoms with Crippen LogP contribution < -0.4 is 10.6 Å². The van der Waals surface area contributed by atoms with E-state index in [-0.39, 0.29) is 11.9 Å². The number of amides is 1. The number of carbonyl (C=O) groups is 1. The average Bonchev–Trinajstić information content (AvgIpc) is 2.50. The highest BCUT2D eigenvalue weighted by Gasteiger charge is 2.34. The zero-order valence-electron chi connectivity index (χ0n) is 8.83. The summed E-state index contributed by atoms with van der Waals surface area (Å²) in [5.74, 6) is -0.100. The number of carbonyl (C=O) groups excluding carboxylic acids is 1. The Labute approximate surface area is 83.8 Å². The van der Waals surface area contributed by atoms with Crippen molar-refractivity contribution in [3.05, 3.63) is 0 Å². The van der Waals surface area contributed by atoms with E-state index < -0.39 is 11.6 Å². The van der Waals surface area contributed by atoms with Crippen LogP contribution in [-0.4, -0.2) is 49.0 Å². The highest BCUT2D eigenvalue weighted by molar-refractivity contribution is 5.85. The van der Waals surface area contributed by atoms with Crippen LogP contribution in [0, 0.1) is 0 Å². The predicted octanol–water partition coefficient (Wildman–Crippen LogP) is -1.14. The molecule has 0 bridgehead atoms. The summed E-state index contributed by atoms with van der Waals surface area (Å²) in [6.45, 7) is 4.33. The second-order valence-electron chi connectivity index (χ2n) is 4.06. The highest BCUT2D eigenvalue weighted by Crippen LogP contribution is 2.11. The Morgan fingerprint density at radius 3 is 2.57 bits per heavy atom. The van der Waals surface area contributed by atoms with Gasteiger partial charge >= 0.3 is 0 Å². The van der Waals surface area contributed by atoms with E-state index in [1.54, 1.807) is 20.9 Å². The van der Waals surface area contributed by atoms with Crippen LogP contribution in [0.3, 0.4) is 0 Å². The van der Waals surface area contributed by atoms with Crippen LogP contribution in [0.1, 0.15) is 13.8 Å². The third kappa shape index (κ3) is 2.43. The van der Waals surface area contributed by atoms with Gasteiger partial charge in [-0.15, -0.1) is 0 Å². The molecule has 0 aromatic carbocycles. The lowest BCUT2D eigenvalue weighted by Gasteiger charge is -2.28. The van der Waals surface area contributed by atoms with Gasteiger partial charge in [0.25, 0.3) is 0 Å². The lowest BCUT2D eigenvalue weighted by atomic mass is 10.0. The maximum atomic E-state index is 11.4. The number of aliphatic hydroxyl groups is 1. The minimum Gasteiger partial charge on any atom is -0.389 e. The fourth-order valence-electron chi connectivity index (χ4n) is 1.52. The summed E-state index contributed by atoms with van der Waals surface area (Å²) < 4.78 is 5.08. The Balaban J connectivity index is 2.53. The second-order valence-corrected chi connectivity index (χ2v) is 4.06. The molecule has 0 aromatic heterocycles. The van der Waals surface area contributed by atoms with E-state index >= 15 is 0 Å². The number of hydrogen-bond donors (Lipinski definition) is 3. The summed E-state index contributed by atoms with van der Waals surface area (Å²) in [6, 6.07) is -0.165. The average molecular weight is 202 g/mol. The maximum absolute atomic E-state index is 11.4. The van der Waals surface area contributed by atoms with Crippen LogP contribution in [0.25, 0.3) is 0 Å². The molecule has 1 amide bonds. The van der Waals surface area contributed by atoms with Crippen molar-refractivity contribution >= 4 is 5.91 Å². The first kappa shape index (κ1) is 11.4. The molecule has 14 heavy (non-hydrogen) atoms. The first-order valence-electron chi connectivity index (χ1n) is 4.73. The van der Waals surface area contributed by atoms with Crippen molar-refractivity contribution in [2.24, 2.45) is 0 Å². The van der Waals surface area contributed by atoms with Gasteiger partial charge in [0.15, 0.2) is 0 Å². The van der Waals surface area contributed by atoms with Gasteiger partial charge in [0.05, 0.1) is 30.9 Å². The summed E-state index contributed by atoms with van der Waals surface area (Å²) in [7, 11) is 1.59. The first-order chi connectivity index (χ1) is 6.47. The number of aliphatic hydroxyl groups excluding tert-OH is 1. The van der Waals surface area contributed by atoms with Gasteiger partial charge in [0, 0.05) is 7.05 Å². The van der Waals surface area contributed by atoms with E-state index in [4.69, 9.17) is 4.74 Å². The number of rotatable bonds is 3. The van der Waals surface area contributed by atoms with Crippen molar-refractivity contribution in [2.75, 3.05) is 20.3 Å². The van der Waals surface area contributed by atoms with Gasteiger partial charge < -0.3 is 15.2 Å². The number of likely N-dealkylation sites (N-methyl/N-ethyl adjacent to an activating group) is 1. The van der Waals surface area contributed by atoms with E-state index in [1.807, 2.05) is 0 Å². The molecule has 0 spiro atoms. The summed E-state index contributed by atoms with van der Waals surface area (Å²) in [6.07, 6.45) is -0.529. The molecule has 82 valence electrons. The fraction of sp³-hybridized carbons (Fsp3) is 0.889. The molecule has 1 aliphatic rings. The molecule has 1 rings (SSSR count). The van der Waals surface area contributed by atoms with Gasteiger partial charge in [0.2, 0.25) is 5.91 Å². The molecule has 0 aromatic rings. The smallest absolute Gasteiger partial charge is 0.239 e. The summed E-state index contributed by atoms with van der Waals surface area (Å²) in [4.78, 5) is 11.4. The van der Waals surface area contributed by atoms with Crippen molar-refractivity contribution in [2.45, 2.75) is 31.5 Å². The van der Waals surface area contributed by atoms with Crippen LogP contribution >= 0.6 is 0 Å². The minimum atomic E-state index is -0.686. The van der Waals surface area contributed by atoms with Gasteiger partial charge in [-0.05, 0) is 13.8 Å². The monoisotopic (exact) mass is 202 g/mol. The highest BCUT2D eigenvalue weighted by atomic mass is 16.5. The topological polar surface area (TPSA) is 70.6 Å². The van der Waals surface area contributed by atoms with Gasteiger partial charge in [0.1, 0.15) is 0 Å². The Morgan fingerprint density at radius 1 is 1.50 bits per heavy atom. The zero-order chi connectivity index (χ0) is 10.8. The Morgan fingerprint density at radius 2 is 2.14 bits per heavy atom. The molecule has 1 heterocycles. The SMILES string of the molecule is CNC(=O)C(C)(C)NC1COCC1O. The Hall–Kier alpha value is -0.650. The summed E-state index contributed by atoms with van der Waals surface area (Å²) in [5.41, 5.74) is -0.686. The molecule has 2 unspecified atom stereocenters. The molecule has 5 nitrogen and oxygen atoms in total. The molecule has 0 radical (unpaired) electrons. The van der Waals surface area contributed by atoms with Crippen LogP contribution in [0.15, 0.2) is 0 Å². The van der Waals surface area contributed by atoms with Gasteiger partial charge in [-0.3, -0.25) is 10.1 Å². The van der Waals surface area contributed by atoms with Crippen molar-refractivity contribution in [1.82, 2.24) is 10.6 Å². The molecular weight excluding hydrogens is 184 g/mol. The van der Waals surface area contributed by atoms with Crippen LogP contribution in [0.5, 0.6) is 0 Å². The van der Waals surface area contributed by atoms with Crippen LogP contribution in [-0.2, 0) is 9.53 Å². The van der Waals surface area contributed by atoms with E-state index in [0.29, 0.717) is 13.2 Å². The van der Waals surface area contributed by atoms with E-state index in [2.05, 4.69) is 10.6 Å². The van der Waals surface area contributed by atoms with Crippen molar-refractivity contribution in [3.63, 3.8) is 0 Å². The largest absolute Gasteiger partial charge is 0.389 e. The third-order valence-electron chi connectivity index (χ3n) is 2.39. The third-order valence-corrected chi connectivity index (χ3v) is 2.39. The normalized spacial score (nSPS) is 27.7. The Bertz CT molecular complexity index is 218. The minimum absolute atomic E-state index is 0.100. The lowest BCUT2D eigenvalue weighted by molar-refractivity contribution is -0.126. The van der Waals surface area contributed by atoms with Crippen molar-refractivity contribution in [3.8, 4) is 0 Å². The van der Waals surface area contributed by atoms with Crippen LogP contribution in [0.2, 0.25) is 0 Å². The summed E-state index contributed by atoms with van der Waals surface area (Å²) >= 11 is 0.